The van der Waals surface area contributed by atoms with Crippen molar-refractivity contribution in [1.29, 1.82) is 0 Å². The van der Waals surface area contributed by atoms with Crippen LogP contribution in [0.15, 0.2) is 42.7 Å². The van der Waals surface area contributed by atoms with E-state index in [9.17, 15) is 4.79 Å². The molecule has 0 aliphatic heterocycles. The predicted octanol–water partition coefficient (Wildman–Crippen LogP) is 4.07. The van der Waals surface area contributed by atoms with Crippen LogP contribution in [0.5, 0.6) is 5.75 Å². The second kappa shape index (κ2) is 7.11. The fraction of sp³-hybridized carbons (Fsp3) is 0.278. The maximum Gasteiger partial charge on any atom is 0.265 e. The zero-order valence-electron chi connectivity index (χ0n) is 14.2. The van der Waals surface area contributed by atoms with Gasteiger partial charge in [0, 0.05) is 16.5 Å². The van der Waals surface area contributed by atoms with Gasteiger partial charge in [0.25, 0.3) is 5.91 Å². The Morgan fingerprint density at radius 2 is 1.92 bits per heavy atom. The molecular formula is C18H19ClN4O2. The molecule has 25 heavy (non-hydrogen) atoms. The number of halogens is 1. The summed E-state index contributed by atoms with van der Waals surface area (Å²) in [5.41, 5.74) is 1.39. The average Bonchev–Trinajstić information content (AvgIpc) is 3.00. The van der Waals surface area contributed by atoms with Crippen molar-refractivity contribution in [2.75, 3.05) is 5.32 Å². The van der Waals surface area contributed by atoms with E-state index in [1.165, 1.54) is 0 Å². The first-order valence-electron chi connectivity index (χ1n) is 8.00. The van der Waals surface area contributed by atoms with Crippen molar-refractivity contribution in [2.24, 2.45) is 0 Å². The lowest BCUT2D eigenvalue weighted by Gasteiger charge is -2.14. The van der Waals surface area contributed by atoms with Crippen LogP contribution in [0.4, 0.5) is 5.69 Å². The van der Waals surface area contributed by atoms with Gasteiger partial charge in [-0.15, -0.1) is 0 Å². The van der Waals surface area contributed by atoms with E-state index in [2.05, 4.69) is 15.4 Å². The van der Waals surface area contributed by atoms with Gasteiger partial charge in [-0.3, -0.25) is 4.79 Å². The minimum absolute atomic E-state index is 0.221. The lowest BCUT2D eigenvalue weighted by atomic mass is 10.3. The van der Waals surface area contributed by atoms with E-state index < -0.39 is 6.10 Å². The summed E-state index contributed by atoms with van der Waals surface area (Å²) in [4.78, 5) is 16.7. The van der Waals surface area contributed by atoms with Gasteiger partial charge < -0.3 is 10.1 Å². The molecule has 3 rings (SSSR count). The molecule has 6 nitrogen and oxygen atoms in total. The third-order valence-electron chi connectivity index (χ3n) is 3.69. The van der Waals surface area contributed by atoms with Crippen LogP contribution in [0, 0.1) is 0 Å². The molecule has 0 aliphatic carbocycles. The van der Waals surface area contributed by atoms with Gasteiger partial charge in [0.05, 0.1) is 18.1 Å². The van der Waals surface area contributed by atoms with Crippen molar-refractivity contribution in [3.8, 4) is 5.75 Å². The van der Waals surface area contributed by atoms with Crippen LogP contribution in [0.25, 0.3) is 11.0 Å². The molecule has 0 radical (unpaired) electrons. The normalized spacial score (nSPS) is 12.4. The number of aromatic nitrogens is 3. The van der Waals surface area contributed by atoms with E-state index in [-0.39, 0.29) is 11.9 Å². The zero-order valence-corrected chi connectivity index (χ0v) is 15.0. The van der Waals surface area contributed by atoms with Gasteiger partial charge in [-0.1, -0.05) is 11.6 Å². The second-order valence-corrected chi connectivity index (χ2v) is 6.46. The van der Waals surface area contributed by atoms with E-state index in [1.54, 1.807) is 43.6 Å². The van der Waals surface area contributed by atoms with Crippen LogP contribution >= 0.6 is 11.6 Å². The number of anilines is 1. The number of carbonyl (C=O) groups excluding carboxylic acids is 1. The molecule has 130 valence electrons. The van der Waals surface area contributed by atoms with Crippen LogP contribution in [-0.2, 0) is 4.79 Å². The number of nitrogens with zero attached hydrogens (tertiary/aromatic N) is 3. The molecule has 7 heteroatoms. The molecule has 0 aliphatic rings. The van der Waals surface area contributed by atoms with Gasteiger partial charge in [-0.05, 0) is 51.1 Å². The first kappa shape index (κ1) is 17.2. The number of pyridine rings is 1. The fourth-order valence-electron chi connectivity index (χ4n) is 2.40. The van der Waals surface area contributed by atoms with E-state index in [0.29, 0.717) is 16.5 Å². The Morgan fingerprint density at radius 3 is 2.60 bits per heavy atom. The number of hydrogen-bond donors (Lipinski definition) is 1. The molecule has 1 amide bonds. The highest BCUT2D eigenvalue weighted by Gasteiger charge is 2.16. The molecule has 3 aromatic rings. The number of hydrogen-bond acceptors (Lipinski definition) is 4. The Morgan fingerprint density at radius 1 is 1.20 bits per heavy atom. The molecule has 2 heterocycles. The Hall–Kier alpha value is -2.60. The van der Waals surface area contributed by atoms with E-state index in [4.69, 9.17) is 16.3 Å². The Kier molecular flexibility index (Phi) is 4.90. The number of benzene rings is 1. The Balaban J connectivity index is 1.69. The van der Waals surface area contributed by atoms with Crippen molar-refractivity contribution >= 4 is 34.2 Å². The van der Waals surface area contributed by atoms with Crippen molar-refractivity contribution in [3.05, 3.63) is 47.7 Å². The summed E-state index contributed by atoms with van der Waals surface area (Å²) in [5.74, 6) is 0.325. The molecule has 2 aromatic heterocycles. The van der Waals surface area contributed by atoms with Crippen molar-refractivity contribution < 1.29 is 9.53 Å². The molecule has 0 spiro atoms. The van der Waals surface area contributed by atoms with Crippen molar-refractivity contribution in [3.63, 3.8) is 0 Å². The van der Waals surface area contributed by atoms with Crippen LogP contribution in [-0.4, -0.2) is 26.8 Å². The molecule has 0 bridgehead atoms. The van der Waals surface area contributed by atoms with E-state index in [0.717, 1.165) is 11.0 Å². The molecule has 0 saturated carbocycles. The van der Waals surface area contributed by atoms with Gasteiger partial charge >= 0.3 is 0 Å². The quantitative estimate of drug-likeness (QED) is 0.746. The number of nitrogens with one attached hydrogen (secondary N) is 1. The zero-order chi connectivity index (χ0) is 18.0. The lowest BCUT2D eigenvalue weighted by molar-refractivity contribution is -0.122. The predicted molar refractivity (Wildman–Crippen MR) is 98.1 cm³/mol. The monoisotopic (exact) mass is 358 g/mol. The minimum Gasteiger partial charge on any atom is -0.481 e. The number of carbonyl (C=O) groups is 1. The molecule has 1 N–H and O–H groups in total. The maximum atomic E-state index is 12.3. The summed E-state index contributed by atoms with van der Waals surface area (Å²) in [6, 6.07) is 8.94. The third-order valence-corrected chi connectivity index (χ3v) is 3.94. The van der Waals surface area contributed by atoms with Gasteiger partial charge in [-0.2, -0.15) is 5.10 Å². The number of rotatable bonds is 5. The van der Waals surface area contributed by atoms with Crippen molar-refractivity contribution in [2.45, 2.75) is 32.9 Å². The molecule has 0 fully saturated rings. The van der Waals surface area contributed by atoms with Crippen molar-refractivity contribution in [1.82, 2.24) is 14.8 Å². The Bertz CT molecular complexity index is 890. The van der Waals surface area contributed by atoms with Gasteiger partial charge in [-0.25, -0.2) is 9.67 Å². The molecule has 0 saturated heterocycles. The summed E-state index contributed by atoms with van der Waals surface area (Å²) in [7, 11) is 0. The van der Waals surface area contributed by atoms with Gasteiger partial charge in [0.15, 0.2) is 11.8 Å². The fourth-order valence-corrected chi connectivity index (χ4v) is 2.53. The SMILES string of the molecule is CC(Oc1ccc(Cl)cc1)C(=O)Nc1cnc2c(cnn2C(C)C)c1. The average molecular weight is 359 g/mol. The summed E-state index contributed by atoms with van der Waals surface area (Å²) in [6.07, 6.45) is 2.71. The highest BCUT2D eigenvalue weighted by Crippen LogP contribution is 2.20. The highest BCUT2D eigenvalue weighted by atomic mass is 35.5. The standard InChI is InChI=1S/C18H19ClN4O2/c1-11(2)23-17-13(9-21-23)8-15(10-20-17)22-18(24)12(3)25-16-6-4-14(19)5-7-16/h4-12H,1-3H3,(H,22,24). The minimum atomic E-state index is -0.657. The van der Waals surface area contributed by atoms with E-state index >= 15 is 0 Å². The molecule has 1 unspecified atom stereocenters. The lowest BCUT2D eigenvalue weighted by Crippen LogP contribution is -2.30. The van der Waals surface area contributed by atoms with Crippen LogP contribution in [0.2, 0.25) is 5.02 Å². The highest BCUT2D eigenvalue weighted by molar-refractivity contribution is 6.30. The summed E-state index contributed by atoms with van der Waals surface area (Å²) in [6.45, 7) is 5.77. The first-order chi connectivity index (χ1) is 11.9. The van der Waals surface area contributed by atoms with Crippen LogP contribution in [0.1, 0.15) is 26.8 Å². The van der Waals surface area contributed by atoms with Crippen LogP contribution < -0.4 is 10.1 Å². The molecule has 1 aromatic carbocycles. The Labute approximate surface area is 150 Å². The van der Waals surface area contributed by atoms with Gasteiger partial charge in [0.2, 0.25) is 0 Å². The summed E-state index contributed by atoms with van der Waals surface area (Å²) < 4.78 is 7.46. The number of ether oxygens (including phenoxy) is 1. The number of fused-ring (bicyclic) bond motifs is 1. The van der Waals surface area contributed by atoms with E-state index in [1.807, 2.05) is 24.6 Å². The largest absolute Gasteiger partial charge is 0.481 e. The smallest absolute Gasteiger partial charge is 0.265 e. The van der Waals surface area contributed by atoms with Gasteiger partial charge in [0.1, 0.15) is 5.75 Å². The topological polar surface area (TPSA) is 69.0 Å². The maximum absolute atomic E-state index is 12.3. The summed E-state index contributed by atoms with van der Waals surface area (Å²) in [5, 5.41) is 8.62. The second-order valence-electron chi connectivity index (χ2n) is 6.02. The van der Waals surface area contributed by atoms with Crippen LogP contribution in [0.3, 0.4) is 0 Å². The number of amides is 1. The first-order valence-corrected chi connectivity index (χ1v) is 8.38. The molecule has 1 atom stereocenters. The molecular weight excluding hydrogens is 340 g/mol. The third kappa shape index (κ3) is 3.91. The summed E-state index contributed by atoms with van der Waals surface area (Å²) >= 11 is 5.84.